The van der Waals surface area contributed by atoms with Crippen LogP contribution in [0.2, 0.25) is 0 Å². The number of hydrogen-bond donors (Lipinski definition) is 1. The first-order chi connectivity index (χ1) is 8.25. The molecule has 0 bridgehead atoms. The molecule has 90 valence electrons. The lowest BCUT2D eigenvalue weighted by Crippen LogP contribution is -2.09. The molecule has 0 amide bonds. The van der Waals surface area contributed by atoms with Crippen LogP contribution in [0.25, 0.3) is 0 Å². The summed E-state index contributed by atoms with van der Waals surface area (Å²) in [5.41, 5.74) is 2.28. The fourth-order valence-electron chi connectivity index (χ4n) is 1.74. The normalized spacial score (nSPS) is 10.5. The quantitative estimate of drug-likeness (QED) is 0.797. The smallest absolute Gasteiger partial charge is 0.144 e. The van der Waals surface area contributed by atoms with Crippen molar-refractivity contribution in [3.05, 3.63) is 36.0 Å². The Hall–Kier alpha value is -1.91. The molecule has 5 heteroatoms. The van der Waals surface area contributed by atoms with Crippen LogP contribution in [0.15, 0.2) is 24.7 Å². The molecule has 0 saturated carbocycles. The molecule has 2 heterocycles. The van der Waals surface area contributed by atoms with Crippen molar-refractivity contribution in [1.29, 1.82) is 0 Å². The van der Waals surface area contributed by atoms with E-state index < -0.39 is 0 Å². The minimum atomic E-state index is 0.820. The Bertz CT molecular complexity index is 463. The summed E-state index contributed by atoms with van der Waals surface area (Å²) in [4.78, 5) is 8.15. The molecule has 5 nitrogen and oxygen atoms in total. The largest absolute Gasteiger partial charge is 0.369 e. The van der Waals surface area contributed by atoms with Crippen molar-refractivity contribution >= 4 is 5.82 Å². The Kier molecular flexibility index (Phi) is 3.69. The van der Waals surface area contributed by atoms with Crippen LogP contribution in [0.4, 0.5) is 5.82 Å². The topological polar surface area (TPSA) is 55.6 Å². The molecular formula is C12H17N5. The molecule has 0 atom stereocenters. The molecule has 0 spiro atoms. The Morgan fingerprint density at radius 1 is 1.29 bits per heavy atom. The highest BCUT2D eigenvalue weighted by molar-refractivity contribution is 5.29. The lowest BCUT2D eigenvalue weighted by Gasteiger charge is -2.06. The lowest BCUT2D eigenvalue weighted by molar-refractivity contribution is 0.573. The van der Waals surface area contributed by atoms with Crippen LogP contribution in [-0.2, 0) is 6.54 Å². The first-order valence-electron chi connectivity index (χ1n) is 5.76. The van der Waals surface area contributed by atoms with Gasteiger partial charge in [0.25, 0.3) is 0 Å². The maximum Gasteiger partial charge on any atom is 0.144 e. The van der Waals surface area contributed by atoms with Crippen LogP contribution in [0.1, 0.15) is 17.8 Å². The number of anilines is 1. The highest BCUT2D eigenvalue weighted by Gasteiger charge is 2.00. The van der Waals surface area contributed by atoms with E-state index in [4.69, 9.17) is 0 Å². The first kappa shape index (κ1) is 11.6. The fourth-order valence-corrected chi connectivity index (χ4v) is 1.74. The SMILES string of the molecule is Cc1cc(C)n(CCCNc2cnccn2)n1. The maximum atomic E-state index is 4.42. The summed E-state index contributed by atoms with van der Waals surface area (Å²) < 4.78 is 2.04. The van der Waals surface area contributed by atoms with Crippen LogP contribution >= 0.6 is 0 Å². The molecule has 0 radical (unpaired) electrons. The van der Waals surface area contributed by atoms with Crippen LogP contribution in [0.3, 0.4) is 0 Å². The van der Waals surface area contributed by atoms with E-state index in [0.29, 0.717) is 0 Å². The van der Waals surface area contributed by atoms with Gasteiger partial charge in [-0.15, -0.1) is 0 Å². The monoisotopic (exact) mass is 231 g/mol. The van der Waals surface area contributed by atoms with Crippen LogP contribution in [0.5, 0.6) is 0 Å². The van der Waals surface area contributed by atoms with Gasteiger partial charge in [-0.25, -0.2) is 4.98 Å². The standard InChI is InChI=1S/C12H17N5/c1-10-8-11(2)17(16-10)7-3-4-14-12-9-13-5-6-15-12/h5-6,8-9H,3-4,7H2,1-2H3,(H,14,15). The number of aryl methyl sites for hydroxylation is 3. The number of nitrogens with one attached hydrogen (secondary N) is 1. The summed E-state index contributed by atoms with van der Waals surface area (Å²) in [6, 6.07) is 2.09. The molecule has 0 saturated heterocycles. The number of aromatic nitrogens is 4. The second-order valence-electron chi connectivity index (χ2n) is 4.02. The zero-order chi connectivity index (χ0) is 12.1. The number of hydrogen-bond acceptors (Lipinski definition) is 4. The van der Waals surface area contributed by atoms with E-state index in [2.05, 4.69) is 33.4 Å². The van der Waals surface area contributed by atoms with Gasteiger partial charge in [-0.3, -0.25) is 9.67 Å². The average Bonchev–Trinajstić information content (AvgIpc) is 2.65. The van der Waals surface area contributed by atoms with Gasteiger partial charge in [0.2, 0.25) is 0 Å². The van der Waals surface area contributed by atoms with Gasteiger partial charge in [0.05, 0.1) is 11.9 Å². The van der Waals surface area contributed by atoms with Crippen molar-refractivity contribution in [3.8, 4) is 0 Å². The van der Waals surface area contributed by atoms with Crippen molar-refractivity contribution in [1.82, 2.24) is 19.7 Å². The van der Waals surface area contributed by atoms with Gasteiger partial charge < -0.3 is 5.32 Å². The van der Waals surface area contributed by atoms with E-state index in [1.54, 1.807) is 18.6 Å². The van der Waals surface area contributed by atoms with E-state index in [0.717, 1.165) is 31.0 Å². The van der Waals surface area contributed by atoms with Crippen LogP contribution in [0, 0.1) is 13.8 Å². The summed E-state index contributed by atoms with van der Waals surface area (Å²) >= 11 is 0. The van der Waals surface area contributed by atoms with E-state index in [-0.39, 0.29) is 0 Å². The molecule has 2 aromatic heterocycles. The summed E-state index contributed by atoms with van der Waals surface area (Å²) in [5, 5.41) is 7.64. The predicted octanol–water partition coefficient (Wildman–Crippen LogP) is 1.79. The van der Waals surface area contributed by atoms with Gasteiger partial charge in [0.1, 0.15) is 5.82 Å². The van der Waals surface area contributed by atoms with Crippen molar-refractivity contribution in [2.75, 3.05) is 11.9 Å². The second-order valence-corrected chi connectivity index (χ2v) is 4.02. The third kappa shape index (κ3) is 3.27. The van der Waals surface area contributed by atoms with Crippen LogP contribution in [-0.4, -0.2) is 26.3 Å². The lowest BCUT2D eigenvalue weighted by atomic mass is 10.4. The molecule has 1 N–H and O–H groups in total. The molecule has 2 rings (SSSR count). The molecule has 0 fully saturated rings. The van der Waals surface area contributed by atoms with Crippen molar-refractivity contribution in [2.45, 2.75) is 26.8 Å². The van der Waals surface area contributed by atoms with E-state index in [1.807, 2.05) is 11.6 Å². The van der Waals surface area contributed by atoms with Gasteiger partial charge in [-0.1, -0.05) is 0 Å². The Morgan fingerprint density at radius 2 is 2.18 bits per heavy atom. The zero-order valence-electron chi connectivity index (χ0n) is 10.2. The fraction of sp³-hybridized carbons (Fsp3) is 0.417. The second kappa shape index (κ2) is 5.43. The Labute approximate surface area is 101 Å². The van der Waals surface area contributed by atoms with Crippen molar-refractivity contribution in [2.24, 2.45) is 0 Å². The molecule has 17 heavy (non-hydrogen) atoms. The third-order valence-corrected chi connectivity index (χ3v) is 2.52. The zero-order valence-corrected chi connectivity index (χ0v) is 10.2. The summed E-state index contributed by atoms with van der Waals surface area (Å²) in [5.74, 6) is 0.820. The Morgan fingerprint density at radius 3 is 2.82 bits per heavy atom. The summed E-state index contributed by atoms with van der Waals surface area (Å²) in [6.07, 6.45) is 6.09. The predicted molar refractivity (Wildman–Crippen MR) is 66.8 cm³/mol. The molecule has 2 aromatic rings. The maximum absolute atomic E-state index is 4.42. The minimum Gasteiger partial charge on any atom is -0.369 e. The number of nitrogens with zero attached hydrogens (tertiary/aromatic N) is 4. The van der Waals surface area contributed by atoms with Gasteiger partial charge in [0.15, 0.2) is 0 Å². The van der Waals surface area contributed by atoms with Gasteiger partial charge in [-0.2, -0.15) is 5.10 Å². The van der Waals surface area contributed by atoms with Gasteiger partial charge >= 0.3 is 0 Å². The van der Waals surface area contributed by atoms with E-state index in [9.17, 15) is 0 Å². The van der Waals surface area contributed by atoms with Crippen molar-refractivity contribution < 1.29 is 0 Å². The molecule has 0 unspecified atom stereocenters. The molecule has 0 aliphatic carbocycles. The van der Waals surface area contributed by atoms with E-state index in [1.165, 1.54) is 5.69 Å². The van der Waals surface area contributed by atoms with Crippen LogP contribution < -0.4 is 5.32 Å². The average molecular weight is 231 g/mol. The molecule has 0 aliphatic rings. The van der Waals surface area contributed by atoms with Gasteiger partial charge in [-0.05, 0) is 26.3 Å². The number of rotatable bonds is 5. The molecular weight excluding hydrogens is 214 g/mol. The Balaban J connectivity index is 1.75. The summed E-state index contributed by atoms with van der Waals surface area (Å²) in [7, 11) is 0. The highest BCUT2D eigenvalue weighted by Crippen LogP contribution is 2.03. The first-order valence-corrected chi connectivity index (χ1v) is 5.76. The van der Waals surface area contributed by atoms with Gasteiger partial charge in [0, 0.05) is 31.2 Å². The van der Waals surface area contributed by atoms with Crippen molar-refractivity contribution in [3.63, 3.8) is 0 Å². The molecule has 0 aliphatic heterocycles. The minimum absolute atomic E-state index is 0.820. The highest BCUT2D eigenvalue weighted by atomic mass is 15.3. The third-order valence-electron chi connectivity index (χ3n) is 2.52. The van der Waals surface area contributed by atoms with E-state index >= 15 is 0 Å². The molecule has 0 aromatic carbocycles. The summed E-state index contributed by atoms with van der Waals surface area (Å²) in [6.45, 7) is 5.89.